The number of halogens is 2. The van der Waals surface area contributed by atoms with E-state index < -0.39 is 5.97 Å². The van der Waals surface area contributed by atoms with Crippen molar-refractivity contribution in [2.24, 2.45) is 0 Å². The number of esters is 1. The maximum absolute atomic E-state index is 11.8. The Bertz CT molecular complexity index is 626. The van der Waals surface area contributed by atoms with Gasteiger partial charge in [-0.25, -0.2) is 4.79 Å². The van der Waals surface area contributed by atoms with Crippen LogP contribution < -0.4 is 4.74 Å². The van der Waals surface area contributed by atoms with Crippen molar-refractivity contribution in [3.8, 4) is 11.5 Å². The molecule has 6 heteroatoms. The van der Waals surface area contributed by atoms with E-state index >= 15 is 0 Å². The Morgan fingerprint density at radius 1 is 1.00 bits per heavy atom. The smallest absolute Gasteiger partial charge is 0.342 e. The van der Waals surface area contributed by atoms with E-state index in [0.29, 0.717) is 15.8 Å². The fourth-order valence-electron chi connectivity index (χ4n) is 1.57. The van der Waals surface area contributed by atoms with E-state index in [1.54, 1.807) is 24.3 Å². The number of carbonyl (C=O) groups is 1. The van der Waals surface area contributed by atoms with Gasteiger partial charge in [-0.1, -0.05) is 23.2 Å². The van der Waals surface area contributed by atoms with E-state index in [1.807, 2.05) is 0 Å². The molecule has 0 aliphatic rings. The van der Waals surface area contributed by atoms with Crippen LogP contribution in [0.2, 0.25) is 10.0 Å². The fraction of sp³-hybridized carbons (Fsp3) is 0.133. The zero-order chi connectivity index (χ0) is 15.2. The summed E-state index contributed by atoms with van der Waals surface area (Å²) in [6.07, 6.45) is 0. The van der Waals surface area contributed by atoms with Crippen LogP contribution in [0.5, 0.6) is 11.5 Å². The van der Waals surface area contributed by atoms with Gasteiger partial charge in [0.25, 0.3) is 0 Å². The Hall–Kier alpha value is -1.91. The van der Waals surface area contributed by atoms with Gasteiger partial charge >= 0.3 is 5.97 Å². The molecule has 2 aromatic carbocycles. The van der Waals surface area contributed by atoms with Crippen LogP contribution in [0.3, 0.4) is 0 Å². The van der Waals surface area contributed by atoms with E-state index in [9.17, 15) is 9.90 Å². The minimum atomic E-state index is -0.658. The minimum Gasteiger partial charge on any atom is -0.507 e. The zero-order valence-corrected chi connectivity index (χ0v) is 12.4. The number of aromatic hydroxyl groups is 1. The molecule has 0 aliphatic carbocycles. The van der Waals surface area contributed by atoms with Gasteiger partial charge in [-0.3, -0.25) is 0 Å². The van der Waals surface area contributed by atoms with Crippen molar-refractivity contribution in [3.05, 3.63) is 58.1 Å². The van der Waals surface area contributed by atoms with Crippen molar-refractivity contribution in [3.63, 3.8) is 0 Å². The highest BCUT2D eigenvalue weighted by Crippen LogP contribution is 2.22. The van der Waals surface area contributed by atoms with Crippen molar-refractivity contribution < 1.29 is 19.4 Å². The second-order valence-corrected chi connectivity index (χ2v) is 4.97. The number of benzene rings is 2. The molecule has 0 fully saturated rings. The molecular formula is C15H12Cl2O4. The first kappa shape index (κ1) is 15.5. The molecule has 0 radical (unpaired) electrons. The lowest BCUT2D eigenvalue weighted by molar-refractivity contribution is 0.0447. The predicted molar refractivity (Wildman–Crippen MR) is 80.3 cm³/mol. The van der Waals surface area contributed by atoms with Crippen LogP contribution >= 0.6 is 23.2 Å². The molecular weight excluding hydrogens is 315 g/mol. The molecule has 2 rings (SSSR count). The number of hydrogen-bond donors (Lipinski definition) is 1. The number of ether oxygens (including phenoxy) is 2. The summed E-state index contributed by atoms with van der Waals surface area (Å²) in [5, 5.41) is 10.5. The first-order valence-corrected chi connectivity index (χ1v) is 6.86. The van der Waals surface area contributed by atoms with Gasteiger partial charge < -0.3 is 14.6 Å². The van der Waals surface area contributed by atoms with Crippen LogP contribution in [0.25, 0.3) is 0 Å². The summed E-state index contributed by atoms with van der Waals surface area (Å²) >= 11 is 11.5. The van der Waals surface area contributed by atoms with Crippen LogP contribution in [0.1, 0.15) is 10.4 Å². The first-order valence-electron chi connectivity index (χ1n) is 6.10. The number of rotatable bonds is 5. The van der Waals surface area contributed by atoms with Gasteiger partial charge in [-0.05, 0) is 42.5 Å². The van der Waals surface area contributed by atoms with Gasteiger partial charge in [0.05, 0.1) is 0 Å². The fourth-order valence-corrected chi connectivity index (χ4v) is 1.87. The monoisotopic (exact) mass is 326 g/mol. The highest BCUT2D eigenvalue weighted by atomic mass is 35.5. The molecule has 0 atom stereocenters. The Balaban J connectivity index is 1.81. The van der Waals surface area contributed by atoms with Gasteiger partial charge in [0.2, 0.25) is 0 Å². The Labute approximate surface area is 131 Å². The molecule has 110 valence electrons. The third-order valence-corrected chi connectivity index (χ3v) is 3.06. The third-order valence-electron chi connectivity index (χ3n) is 2.58. The molecule has 4 nitrogen and oxygen atoms in total. The van der Waals surface area contributed by atoms with E-state index in [0.717, 1.165) is 0 Å². The molecule has 0 aliphatic heterocycles. The lowest BCUT2D eigenvalue weighted by Crippen LogP contribution is -2.12. The molecule has 0 bridgehead atoms. The zero-order valence-electron chi connectivity index (χ0n) is 10.9. The summed E-state index contributed by atoms with van der Waals surface area (Å²) in [5.41, 5.74) is 0.0222. The molecule has 2 aromatic rings. The summed E-state index contributed by atoms with van der Waals surface area (Å²) in [6, 6.07) is 11.0. The lowest BCUT2D eigenvalue weighted by atomic mass is 10.2. The number of phenolic OH excluding ortho intramolecular Hbond substituents is 1. The SMILES string of the molecule is O=C(OCCOc1ccc(Cl)cc1)c1cc(Cl)ccc1O. The Kier molecular flexibility index (Phi) is 5.31. The molecule has 0 unspecified atom stereocenters. The van der Waals surface area contributed by atoms with Crippen molar-refractivity contribution >= 4 is 29.2 Å². The Morgan fingerprint density at radius 2 is 1.67 bits per heavy atom. The predicted octanol–water partition coefficient (Wildman–Crippen LogP) is 3.93. The number of phenols is 1. The summed E-state index contributed by atoms with van der Waals surface area (Å²) in [4.78, 5) is 11.8. The topological polar surface area (TPSA) is 55.8 Å². The van der Waals surface area contributed by atoms with Crippen LogP contribution in [0.15, 0.2) is 42.5 Å². The molecule has 0 saturated carbocycles. The normalized spacial score (nSPS) is 10.2. The molecule has 21 heavy (non-hydrogen) atoms. The third kappa shape index (κ3) is 4.55. The molecule has 1 N–H and O–H groups in total. The molecule has 0 spiro atoms. The summed E-state index contributed by atoms with van der Waals surface area (Å²) < 4.78 is 10.4. The number of carbonyl (C=O) groups excluding carboxylic acids is 1. The highest BCUT2D eigenvalue weighted by Gasteiger charge is 2.13. The molecule has 0 aromatic heterocycles. The van der Waals surface area contributed by atoms with Gasteiger partial charge in [-0.2, -0.15) is 0 Å². The average molecular weight is 327 g/mol. The van der Waals surface area contributed by atoms with E-state index in [2.05, 4.69) is 0 Å². The van der Waals surface area contributed by atoms with E-state index in [1.165, 1.54) is 18.2 Å². The second-order valence-electron chi connectivity index (χ2n) is 4.10. The highest BCUT2D eigenvalue weighted by molar-refractivity contribution is 6.31. The maximum atomic E-state index is 11.8. The molecule has 0 saturated heterocycles. The van der Waals surface area contributed by atoms with E-state index in [4.69, 9.17) is 32.7 Å². The van der Waals surface area contributed by atoms with Gasteiger partial charge in [0, 0.05) is 10.0 Å². The maximum Gasteiger partial charge on any atom is 0.342 e. The van der Waals surface area contributed by atoms with Crippen LogP contribution in [0.4, 0.5) is 0 Å². The Morgan fingerprint density at radius 3 is 2.38 bits per heavy atom. The molecule has 0 amide bonds. The standard InChI is InChI=1S/C15H12Cl2O4/c16-10-1-4-12(5-2-10)20-7-8-21-15(19)13-9-11(17)3-6-14(13)18/h1-6,9,18H,7-8H2. The van der Waals surface area contributed by atoms with Crippen molar-refractivity contribution in [1.82, 2.24) is 0 Å². The quantitative estimate of drug-likeness (QED) is 0.668. The lowest BCUT2D eigenvalue weighted by Gasteiger charge is -2.08. The van der Waals surface area contributed by atoms with Gasteiger partial charge in [0.15, 0.2) is 0 Å². The largest absolute Gasteiger partial charge is 0.507 e. The van der Waals surface area contributed by atoms with Gasteiger partial charge in [0.1, 0.15) is 30.3 Å². The minimum absolute atomic E-state index is 0.0222. The van der Waals surface area contributed by atoms with Crippen LogP contribution in [0, 0.1) is 0 Å². The van der Waals surface area contributed by atoms with Crippen LogP contribution in [-0.2, 0) is 4.74 Å². The van der Waals surface area contributed by atoms with Crippen molar-refractivity contribution in [1.29, 1.82) is 0 Å². The van der Waals surface area contributed by atoms with Crippen molar-refractivity contribution in [2.75, 3.05) is 13.2 Å². The second kappa shape index (κ2) is 7.20. The first-order chi connectivity index (χ1) is 10.1. The molecule has 0 heterocycles. The van der Waals surface area contributed by atoms with Gasteiger partial charge in [-0.15, -0.1) is 0 Å². The summed E-state index contributed by atoms with van der Waals surface area (Å²) in [7, 11) is 0. The van der Waals surface area contributed by atoms with Crippen LogP contribution in [-0.4, -0.2) is 24.3 Å². The van der Waals surface area contributed by atoms with E-state index in [-0.39, 0.29) is 24.5 Å². The summed E-state index contributed by atoms with van der Waals surface area (Å²) in [6.45, 7) is 0.238. The average Bonchev–Trinajstić information content (AvgIpc) is 2.47. The summed E-state index contributed by atoms with van der Waals surface area (Å²) in [5.74, 6) is -0.209. The number of hydrogen-bond acceptors (Lipinski definition) is 4. The van der Waals surface area contributed by atoms with Crippen molar-refractivity contribution in [2.45, 2.75) is 0 Å².